The van der Waals surface area contributed by atoms with E-state index >= 15 is 0 Å². The molecule has 1 aromatic heterocycles. The summed E-state index contributed by atoms with van der Waals surface area (Å²) >= 11 is -3.02. The third-order valence-corrected chi connectivity index (χ3v) is 20.8. The van der Waals surface area contributed by atoms with Crippen LogP contribution in [0.5, 0.6) is 0 Å². The number of alkyl halides is 3. The zero-order valence-electron chi connectivity index (χ0n) is 25.0. The van der Waals surface area contributed by atoms with Gasteiger partial charge in [-0.1, -0.05) is 0 Å². The summed E-state index contributed by atoms with van der Waals surface area (Å²) in [7, 11) is 0. The monoisotopic (exact) mass is 605 g/mol. The molecule has 5 rings (SSSR count). The second-order valence-corrected chi connectivity index (χ2v) is 22.8. The van der Waals surface area contributed by atoms with Crippen LogP contribution in [0.25, 0.3) is 33.2 Å². The van der Waals surface area contributed by atoms with Gasteiger partial charge in [0.1, 0.15) is 0 Å². The molecule has 4 aromatic rings. The zero-order chi connectivity index (χ0) is 29.3. The molecule has 0 unspecified atom stereocenters. The molecule has 2 heterocycles. The van der Waals surface area contributed by atoms with Gasteiger partial charge in [-0.25, -0.2) is 0 Å². The molecule has 40 heavy (non-hydrogen) atoms. The van der Waals surface area contributed by atoms with E-state index in [1.165, 1.54) is 50.1 Å². The molecular formula is C35H40F3GeN. The van der Waals surface area contributed by atoms with Crippen LogP contribution in [-0.2, 0) is 11.8 Å². The van der Waals surface area contributed by atoms with Crippen LogP contribution in [0.2, 0.25) is 10.5 Å². The van der Waals surface area contributed by atoms with E-state index in [9.17, 15) is 13.2 Å². The molecule has 210 valence electrons. The number of benzene rings is 3. The number of halogens is 3. The first-order valence-electron chi connectivity index (χ1n) is 14.4. The Morgan fingerprint density at radius 2 is 1.45 bits per heavy atom. The van der Waals surface area contributed by atoms with E-state index in [2.05, 4.69) is 90.1 Å². The van der Waals surface area contributed by atoms with Gasteiger partial charge in [0.25, 0.3) is 0 Å². The van der Waals surface area contributed by atoms with Crippen molar-refractivity contribution in [1.29, 1.82) is 0 Å². The van der Waals surface area contributed by atoms with E-state index in [0.29, 0.717) is 0 Å². The van der Waals surface area contributed by atoms with Crippen LogP contribution in [0.15, 0.2) is 60.8 Å². The second kappa shape index (κ2) is 9.75. The van der Waals surface area contributed by atoms with Gasteiger partial charge in [0.15, 0.2) is 0 Å². The van der Waals surface area contributed by atoms with Crippen molar-refractivity contribution >= 4 is 32.8 Å². The van der Waals surface area contributed by atoms with Crippen molar-refractivity contribution < 1.29 is 13.2 Å². The van der Waals surface area contributed by atoms with Crippen LogP contribution >= 0.6 is 0 Å². The standard InChI is InChI=1S/C35H40F3GeN/c1-9-39(10-2)30-22(3)24(21-34(7,8)35(36,37)38)15-16-27(30)28-17-18-40-32(31(28)39)25-19-23-13-11-12-14-26(23)29(20-25)33(4,5)6/h11-20H,9-10,21H2,1-8H3. The summed E-state index contributed by atoms with van der Waals surface area (Å²) in [5, 5.41) is 4.53. The van der Waals surface area contributed by atoms with Gasteiger partial charge in [0.05, 0.1) is 0 Å². The first-order chi connectivity index (χ1) is 18.7. The van der Waals surface area contributed by atoms with E-state index < -0.39 is 24.9 Å². The molecule has 0 bridgehead atoms. The fourth-order valence-electron chi connectivity index (χ4n) is 6.90. The Balaban J connectivity index is 1.77. The molecule has 0 radical (unpaired) electrons. The van der Waals surface area contributed by atoms with Crippen LogP contribution in [0, 0.1) is 12.3 Å². The van der Waals surface area contributed by atoms with Crippen molar-refractivity contribution in [3.8, 4) is 22.4 Å². The normalized spacial score (nSPS) is 14.9. The summed E-state index contributed by atoms with van der Waals surface area (Å²) in [5.41, 5.74) is 6.01. The topological polar surface area (TPSA) is 12.9 Å². The first kappa shape index (κ1) is 28.9. The molecule has 0 atom stereocenters. The molecule has 0 aliphatic carbocycles. The molecule has 0 fully saturated rings. The number of hydrogen-bond acceptors (Lipinski definition) is 1. The first-order valence-corrected chi connectivity index (χ1v) is 19.5. The van der Waals surface area contributed by atoms with Gasteiger partial charge in [0.2, 0.25) is 0 Å². The molecule has 0 spiro atoms. The van der Waals surface area contributed by atoms with Crippen molar-refractivity contribution in [2.45, 2.75) is 83.9 Å². The molecule has 1 aliphatic heterocycles. The number of pyridine rings is 1. The van der Waals surface area contributed by atoms with E-state index in [-0.39, 0.29) is 11.8 Å². The molecule has 0 N–H and O–H groups in total. The van der Waals surface area contributed by atoms with Gasteiger partial charge in [-0.2, -0.15) is 0 Å². The Labute approximate surface area is 239 Å². The minimum absolute atomic E-state index is 0.0115. The number of nitrogens with zero attached hydrogens (tertiary/aromatic N) is 1. The molecule has 0 saturated carbocycles. The average Bonchev–Trinajstić information content (AvgIpc) is 3.19. The Bertz CT molecular complexity index is 1600. The zero-order valence-corrected chi connectivity index (χ0v) is 27.1. The van der Waals surface area contributed by atoms with Crippen LogP contribution in [0.1, 0.15) is 65.2 Å². The third kappa shape index (κ3) is 4.42. The van der Waals surface area contributed by atoms with Crippen molar-refractivity contribution in [1.82, 2.24) is 4.98 Å². The average molecular weight is 604 g/mol. The molecule has 1 aliphatic rings. The molecular weight excluding hydrogens is 564 g/mol. The minimum atomic E-state index is -4.26. The Hall–Kier alpha value is -2.60. The van der Waals surface area contributed by atoms with Gasteiger partial charge >= 0.3 is 240 Å². The molecule has 0 amide bonds. The van der Waals surface area contributed by atoms with Crippen molar-refractivity contribution in [3.05, 3.63) is 77.5 Å². The van der Waals surface area contributed by atoms with Crippen LogP contribution in [-0.4, -0.2) is 24.4 Å². The van der Waals surface area contributed by atoms with Crippen molar-refractivity contribution in [3.63, 3.8) is 0 Å². The maximum absolute atomic E-state index is 13.9. The SMILES string of the molecule is C[CH2][Ge]1([CH2]C)[c]2c(ccnc2-c2cc(C(C)(C)C)c3ccccc3c2)-c2ccc(CC(C)(C)C(F)(F)F)c(C)[c]21. The fourth-order valence-corrected chi connectivity index (χ4v) is 17.8. The Morgan fingerprint density at radius 1 is 0.800 bits per heavy atom. The number of rotatable bonds is 5. The predicted octanol–water partition coefficient (Wildman–Crippen LogP) is 9.22. The summed E-state index contributed by atoms with van der Waals surface area (Å²) in [6, 6.07) is 19.4. The molecule has 3 aromatic carbocycles. The van der Waals surface area contributed by atoms with Gasteiger partial charge in [0, 0.05) is 0 Å². The number of hydrogen-bond donors (Lipinski definition) is 0. The Kier molecular flexibility index (Phi) is 7.05. The fraction of sp³-hybridized carbons (Fsp3) is 0.400. The summed E-state index contributed by atoms with van der Waals surface area (Å²) in [6.07, 6.45) is -2.35. The van der Waals surface area contributed by atoms with E-state index in [1.807, 2.05) is 12.3 Å². The summed E-state index contributed by atoms with van der Waals surface area (Å²) in [6.45, 7) is 16.0. The third-order valence-electron chi connectivity index (χ3n) is 9.33. The second-order valence-electron chi connectivity index (χ2n) is 13.2. The molecule has 0 saturated heterocycles. The van der Waals surface area contributed by atoms with E-state index in [1.54, 1.807) is 0 Å². The van der Waals surface area contributed by atoms with Crippen molar-refractivity contribution in [2.24, 2.45) is 5.41 Å². The maximum atomic E-state index is 13.9. The van der Waals surface area contributed by atoms with E-state index in [4.69, 9.17) is 4.98 Å². The van der Waals surface area contributed by atoms with Crippen LogP contribution < -0.4 is 8.79 Å². The Morgan fingerprint density at radius 3 is 2.08 bits per heavy atom. The number of fused-ring (bicyclic) bond motifs is 4. The van der Waals surface area contributed by atoms with Gasteiger partial charge in [-0.3, -0.25) is 0 Å². The number of aromatic nitrogens is 1. The molecule has 5 heteroatoms. The van der Waals surface area contributed by atoms with Crippen LogP contribution in [0.4, 0.5) is 13.2 Å². The van der Waals surface area contributed by atoms with Crippen molar-refractivity contribution in [2.75, 3.05) is 0 Å². The molecule has 1 nitrogen and oxygen atoms in total. The quantitative estimate of drug-likeness (QED) is 0.207. The van der Waals surface area contributed by atoms with E-state index in [0.717, 1.165) is 32.9 Å². The summed E-state index contributed by atoms with van der Waals surface area (Å²) in [4.78, 5) is 5.07. The summed E-state index contributed by atoms with van der Waals surface area (Å²) < 4.78 is 44.4. The summed E-state index contributed by atoms with van der Waals surface area (Å²) in [5.74, 6) is 0. The van der Waals surface area contributed by atoms with Crippen LogP contribution in [0.3, 0.4) is 0 Å². The van der Waals surface area contributed by atoms with Gasteiger partial charge in [-0.15, -0.1) is 0 Å². The van der Waals surface area contributed by atoms with Gasteiger partial charge < -0.3 is 0 Å². The predicted molar refractivity (Wildman–Crippen MR) is 166 cm³/mol. The van der Waals surface area contributed by atoms with Gasteiger partial charge in [-0.05, 0) is 0 Å².